The predicted octanol–water partition coefficient (Wildman–Crippen LogP) is 1.52. The minimum Gasteiger partial charge on any atom is -0.353 e. The molecule has 0 heterocycles. The molecule has 1 rings (SSSR count). The van der Waals surface area contributed by atoms with Gasteiger partial charge in [-0.2, -0.15) is 0 Å². The average Bonchev–Trinajstić information content (AvgIpc) is 2.28. The monoisotopic (exact) mass is 269 g/mol. The maximum atomic E-state index is 11.8. The van der Waals surface area contributed by atoms with Crippen LogP contribution in [0.1, 0.15) is 25.8 Å². The van der Waals surface area contributed by atoms with Crippen LogP contribution in [0.5, 0.6) is 0 Å². The van der Waals surface area contributed by atoms with Crippen LogP contribution in [0.4, 0.5) is 0 Å². The third kappa shape index (κ3) is 5.31. The molecule has 0 aliphatic heterocycles. The zero-order valence-corrected chi connectivity index (χ0v) is 11.5. The normalized spacial score (nSPS) is 13.0. The zero-order chi connectivity index (χ0) is 13.6. The van der Waals surface area contributed by atoms with E-state index in [0.29, 0.717) is 5.56 Å². The molecule has 18 heavy (non-hydrogen) atoms. The van der Waals surface area contributed by atoms with E-state index in [4.69, 9.17) is 0 Å². The number of sulfone groups is 1. The molecule has 1 aromatic carbocycles. The van der Waals surface area contributed by atoms with Crippen LogP contribution >= 0.6 is 0 Å². The molecule has 0 radical (unpaired) electrons. The van der Waals surface area contributed by atoms with Crippen molar-refractivity contribution in [1.82, 2.24) is 5.32 Å². The van der Waals surface area contributed by atoms with Gasteiger partial charge in [0, 0.05) is 6.04 Å². The molecule has 0 saturated carbocycles. The second-order valence-corrected chi connectivity index (χ2v) is 6.46. The summed E-state index contributed by atoms with van der Waals surface area (Å²) in [7, 11) is -3.40. The van der Waals surface area contributed by atoms with Gasteiger partial charge in [-0.1, -0.05) is 37.3 Å². The molecule has 1 atom stereocenters. The highest BCUT2D eigenvalue weighted by Crippen LogP contribution is 2.06. The molecule has 5 heteroatoms. The Morgan fingerprint density at radius 2 is 1.89 bits per heavy atom. The maximum Gasteiger partial charge on any atom is 0.235 e. The minimum absolute atomic E-state index is 0.00410. The molecule has 0 aromatic heterocycles. The Bertz CT molecular complexity index is 482. The highest BCUT2D eigenvalue weighted by molar-refractivity contribution is 7.91. The van der Waals surface area contributed by atoms with E-state index in [1.54, 1.807) is 24.3 Å². The van der Waals surface area contributed by atoms with Crippen LogP contribution in [0.15, 0.2) is 30.3 Å². The van der Waals surface area contributed by atoms with E-state index >= 15 is 0 Å². The van der Waals surface area contributed by atoms with Crippen molar-refractivity contribution in [3.63, 3.8) is 0 Å². The Balaban J connectivity index is 2.58. The molecule has 0 unspecified atom stereocenters. The van der Waals surface area contributed by atoms with Crippen LogP contribution in [-0.4, -0.2) is 26.1 Å². The average molecular weight is 269 g/mol. The van der Waals surface area contributed by atoms with E-state index in [-0.39, 0.29) is 11.8 Å². The standard InChI is InChI=1S/C13H19NO3S/c1-3-11(2)14-13(15)10-18(16,17)9-12-7-5-4-6-8-12/h4-8,11H,3,9-10H2,1-2H3,(H,14,15)/t11-/m1/s1. The molecule has 1 aromatic rings. The fraction of sp³-hybridized carbons (Fsp3) is 0.462. The third-order valence-corrected chi connectivity index (χ3v) is 4.08. The Kier molecular flexibility index (Phi) is 5.34. The van der Waals surface area contributed by atoms with Crippen molar-refractivity contribution in [2.24, 2.45) is 0 Å². The van der Waals surface area contributed by atoms with Crippen molar-refractivity contribution in [1.29, 1.82) is 0 Å². The van der Waals surface area contributed by atoms with Gasteiger partial charge < -0.3 is 5.32 Å². The smallest absolute Gasteiger partial charge is 0.235 e. The summed E-state index contributed by atoms with van der Waals surface area (Å²) in [6, 6.07) is 8.87. The highest BCUT2D eigenvalue weighted by Gasteiger charge is 2.18. The van der Waals surface area contributed by atoms with Gasteiger partial charge >= 0.3 is 0 Å². The summed E-state index contributed by atoms with van der Waals surface area (Å²) in [5.41, 5.74) is 0.703. The van der Waals surface area contributed by atoms with Gasteiger partial charge in [-0.15, -0.1) is 0 Å². The molecule has 1 amide bonds. The van der Waals surface area contributed by atoms with E-state index in [2.05, 4.69) is 5.32 Å². The SMILES string of the molecule is CC[C@@H](C)NC(=O)CS(=O)(=O)Cc1ccccc1. The Labute approximate surface area is 108 Å². The van der Waals surface area contributed by atoms with Gasteiger partial charge in [0.15, 0.2) is 9.84 Å². The molecule has 1 N–H and O–H groups in total. The molecular weight excluding hydrogens is 250 g/mol. The van der Waals surface area contributed by atoms with E-state index in [1.807, 2.05) is 19.9 Å². The Morgan fingerprint density at radius 3 is 2.44 bits per heavy atom. The Morgan fingerprint density at radius 1 is 1.28 bits per heavy atom. The lowest BCUT2D eigenvalue weighted by atomic mass is 10.2. The summed E-state index contributed by atoms with van der Waals surface area (Å²) in [6.45, 7) is 3.78. The van der Waals surface area contributed by atoms with Crippen LogP contribution < -0.4 is 5.32 Å². The number of benzene rings is 1. The van der Waals surface area contributed by atoms with Crippen molar-refractivity contribution in [2.75, 3.05) is 5.75 Å². The summed E-state index contributed by atoms with van der Waals surface area (Å²) in [4.78, 5) is 11.5. The van der Waals surface area contributed by atoms with Crippen molar-refractivity contribution in [3.8, 4) is 0 Å². The number of rotatable bonds is 6. The maximum absolute atomic E-state index is 11.8. The first kappa shape index (κ1) is 14.7. The van der Waals surface area contributed by atoms with Gasteiger partial charge in [0.2, 0.25) is 5.91 Å². The first-order valence-corrected chi connectivity index (χ1v) is 7.79. The minimum atomic E-state index is -3.40. The summed E-state index contributed by atoms with van der Waals surface area (Å²) in [6.07, 6.45) is 0.782. The summed E-state index contributed by atoms with van der Waals surface area (Å²) in [5.74, 6) is -0.978. The van der Waals surface area contributed by atoms with E-state index in [0.717, 1.165) is 6.42 Å². The van der Waals surface area contributed by atoms with Gasteiger partial charge in [-0.25, -0.2) is 8.42 Å². The number of carbonyl (C=O) groups is 1. The van der Waals surface area contributed by atoms with Crippen LogP contribution in [0.2, 0.25) is 0 Å². The van der Waals surface area contributed by atoms with E-state index in [9.17, 15) is 13.2 Å². The Hall–Kier alpha value is -1.36. The third-order valence-electron chi connectivity index (χ3n) is 2.60. The van der Waals surface area contributed by atoms with Crippen LogP contribution in [0, 0.1) is 0 Å². The lowest BCUT2D eigenvalue weighted by Crippen LogP contribution is -2.36. The molecule has 4 nitrogen and oxygen atoms in total. The molecule has 0 bridgehead atoms. The lowest BCUT2D eigenvalue weighted by molar-refractivity contribution is -0.119. The zero-order valence-electron chi connectivity index (χ0n) is 10.7. The number of hydrogen-bond acceptors (Lipinski definition) is 3. The second-order valence-electron chi connectivity index (χ2n) is 4.39. The molecular formula is C13H19NO3S. The molecule has 0 fully saturated rings. The van der Waals surface area contributed by atoms with E-state index in [1.165, 1.54) is 0 Å². The van der Waals surface area contributed by atoms with Gasteiger partial charge in [0.25, 0.3) is 0 Å². The molecule has 0 aliphatic carbocycles. The van der Waals surface area contributed by atoms with Gasteiger partial charge in [-0.3, -0.25) is 4.79 Å². The first-order chi connectivity index (χ1) is 8.43. The van der Waals surface area contributed by atoms with Gasteiger partial charge in [0.05, 0.1) is 5.75 Å². The fourth-order valence-corrected chi connectivity index (χ4v) is 2.78. The summed E-state index contributed by atoms with van der Waals surface area (Å²) < 4.78 is 23.6. The molecule has 0 spiro atoms. The number of hydrogen-bond donors (Lipinski definition) is 1. The van der Waals surface area contributed by atoms with Crippen molar-refractivity contribution < 1.29 is 13.2 Å². The van der Waals surface area contributed by atoms with Crippen LogP contribution in [0.25, 0.3) is 0 Å². The van der Waals surface area contributed by atoms with Crippen molar-refractivity contribution >= 4 is 15.7 Å². The number of nitrogens with one attached hydrogen (secondary N) is 1. The van der Waals surface area contributed by atoms with Gasteiger partial charge in [-0.05, 0) is 18.9 Å². The van der Waals surface area contributed by atoms with Crippen LogP contribution in [0.3, 0.4) is 0 Å². The van der Waals surface area contributed by atoms with Gasteiger partial charge in [0.1, 0.15) is 5.75 Å². The van der Waals surface area contributed by atoms with E-state index < -0.39 is 21.5 Å². The lowest BCUT2D eigenvalue weighted by Gasteiger charge is -2.11. The molecule has 100 valence electrons. The van der Waals surface area contributed by atoms with Crippen molar-refractivity contribution in [3.05, 3.63) is 35.9 Å². The summed E-state index contributed by atoms with van der Waals surface area (Å²) in [5, 5.41) is 2.65. The topological polar surface area (TPSA) is 63.2 Å². The number of amides is 1. The highest BCUT2D eigenvalue weighted by atomic mass is 32.2. The summed E-state index contributed by atoms with van der Waals surface area (Å²) >= 11 is 0. The predicted molar refractivity (Wildman–Crippen MR) is 71.8 cm³/mol. The second kappa shape index (κ2) is 6.54. The molecule has 0 saturated heterocycles. The first-order valence-electron chi connectivity index (χ1n) is 5.96. The largest absolute Gasteiger partial charge is 0.353 e. The number of carbonyl (C=O) groups excluding carboxylic acids is 1. The van der Waals surface area contributed by atoms with Crippen LogP contribution in [-0.2, 0) is 20.4 Å². The van der Waals surface area contributed by atoms with Crippen molar-refractivity contribution in [2.45, 2.75) is 32.1 Å². The molecule has 0 aliphatic rings. The fourth-order valence-electron chi connectivity index (χ4n) is 1.50. The quantitative estimate of drug-likeness (QED) is 0.851.